The van der Waals surface area contributed by atoms with E-state index in [1.165, 1.54) is 77.0 Å². The molecular formula is C24H45NO5. The zero-order valence-electron chi connectivity index (χ0n) is 19.3. The fourth-order valence-corrected chi connectivity index (χ4v) is 3.68. The highest BCUT2D eigenvalue weighted by Crippen LogP contribution is 2.18. The van der Waals surface area contributed by atoms with Crippen molar-refractivity contribution in [1.29, 1.82) is 0 Å². The minimum atomic E-state index is -1.29. The van der Waals surface area contributed by atoms with Crippen LogP contribution in [0.1, 0.15) is 123 Å². The maximum atomic E-state index is 11.6. The van der Waals surface area contributed by atoms with E-state index in [9.17, 15) is 14.4 Å². The summed E-state index contributed by atoms with van der Waals surface area (Å²) in [6.07, 6.45) is 18.2. The van der Waals surface area contributed by atoms with Crippen LogP contribution in [-0.4, -0.2) is 29.1 Å². The molecule has 0 heterocycles. The lowest BCUT2D eigenvalue weighted by Gasteiger charge is -2.11. The molecule has 30 heavy (non-hydrogen) atoms. The monoisotopic (exact) mass is 427 g/mol. The largest absolute Gasteiger partial charge is 0.481 e. The summed E-state index contributed by atoms with van der Waals surface area (Å²) in [5.41, 5.74) is 5.35. The van der Waals surface area contributed by atoms with Crippen molar-refractivity contribution in [3.63, 3.8) is 0 Å². The second kappa shape index (κ2) is 19.5. The molecule has 0 aromatic carbocycles. The van der Waals surface area contributed by atoms with Crippen molar-refractivity contribution < 1.29 is 24.2 Å². The second-order valence-corrected chi connectivity index (χ2v) is 8.46. The number of rotatable bonds is 20. The average Bonchev–Trinajstić information content (AvgIpc) is 2.70. The third-order valence-electron chi connectivity index (χ3n) is 5.81. The second-order valence-electron chi connectivity index (χ2n) is 8.46. The van der Waals surface area contributed by atoms with Crippen molar-refractivity contribution in [2.24, 2.45) is 11.7 Å². The zero-order chi connectivity index (χ0) is 22.6. The Hall–Kier alpha value is -1.43. The van der Waals surface area contributed by atoms with Crippen LogP contribution in [0, 0.1) is 5.92 Å². The zero-order valence-corrected chi connectivity index (χ0v) is 19.3. The number of aliphatic carboxylic acids is 1. The molecule has 0 saturated heterocycles. The number of nitrogens with two attached hydrogens (primary N) is 1. The van der Waals surface area contributed by atoms with Crippen molar-refractivity contribution in [3.8, 4) is 0 Å². The molecule has 0 aromatic rings. The van der Waals surface area contributed by atoms with Crippen molar-refractivity contribution >= 4 is 17.9 Å². The normalized spacial score (nSPS) is 12.1. The Balaban J connectivity index is 3.39. The van der Waals surface area contributed by atoms with Gasteiger partial charge >= 0.3 is 17.9 Å². The molecule has 176 valence electrons. The number of unbranched alkanes of at least 4 members (excludes halogenated alkanes) is 11. The van der Waals surface area contributed by atoms with Gasteiger partial charge in [0.2, 0.25) is 0 Å². The van der Waals surface area contributed by atoms with E-state index < -0.39 is 30.4 Å². The first-order chi connectivity index (χ1) is 14.4. The highest BCUT2D eigenvalue weighted by molar-refractivity contribution is 5.90. The predicted octanol–water partition coefficient (Wildman–Crippen LogP) is 5.76. The Morgan fingerprint density at radius 3 is 1.63 bits per heavy atom. The van der Waals surface area contributed by atoms with E-state index in [0.717, 1.165) is 18.8 Å². The smallest absolute Gasteiger partial charge is 0.331 e. The number of carboxylic acid groups (broad SMARTS) is 1. The van der Waals surface area contributed by atoms with Crippen LogP contribution in [-0.2, 0) is 19.1 Å². The Morgan fingerprint density at radius 2 is 1.20 bits per heavy atom. The van der Waals surface area contributed by atoms with E-state index in [4.69, 9.17) is 10.8 Å². The van der Waals surface area contributed by atoms with Gasteiger partial charge in [0.15, 0.2) is 0 Å². The van der Waals surface area contributed by atoms with Crippen molar-refractivity contribution in [1.82, 2.24) is 0 Å². The van der Waals surface area contributed by atoms with Crippen LogP contribution in [0.25, 0.3) is 0 Å². The Bertz CT molecular complexity index is 463. The van der Waals surface area contributed by atoms with Gasteiger partial charge in [0.25, 0.3) is 0 Å². The number of esters is 2. The molecule has 0 aliphatic rings. The first-order valence-corrected chi connectivity index (χ1v) is 12.1. The standard InChI is InChI=1S/C24H45NO5/c1-3-20(4-2)17-15-13-11-9-7-5-6-8-10-12-14-16-18-23(28)30-24(29)21(25)19-22(26)27/h20-21H,3-19,25H2,1-2H3,(H,26,27)/t21-/m0/s1. The quantitative estimate of drug-likeness (QED) is 0.145. The molecule has 0 radical (unpaired) electrons. The van der Waals surface area contributed by atoms with Gasteiger partial charge in [-0.25, -0.2) is 4.79 Å². The van der Waals surface area contributed by atoms with E-state index in [1.807, 2.05) is 0 Å². The maximum Gasteiger partial charge on any atom is 0.331 e. The van der Waals surface area contributed by atoms with Crippen LogP contribution < -0.4 is 5.73 Å². The molecule has 0 bridgehead atoms. The Morgan fingerprint density at radius 1 is 0.767 bits per heavy atom. The van der Waals surface area contributed by atoms with E-state index in [1.54, 1.807) is 0 Å². The molecule has 1 atom stereocenters. The third-order valence-corrected chi connectivity index (χ3v) is 5.81. The first kappa shape index (κ1) is 28.6. The number of hydrogen-bond acceptors (Lipinski definition) is 5. The van der Waals surface area contributed by atoms with Crippen molar-refractivity contribution in [2.75, 3.05) is 0 Å². The molecule has 3 N–H and O–H groups in total. The summed E-state index contributed by atoms with van der Waals surface area (Å²) in [7, 11) is 0. The summed E-state index contributed by atoms with van der Waals surface area (Å²) in [6, 6.07) is -1.29. The number of carboxylic acids is 1. The number of ether oxygens (including phenoxy) is 1. The molecule has 6 heteroatoms. The summed E-state index contributed by atoms with van der Waals surface area (Å²) in [6.45, 7) is 4.60. The molecule has 0 saturated carbocycles. The lowest BCUT2D eigenvalue weighted by Crippen LogP contribution is -2.35. The summed E-state index contributed by atoms with van der Waals surface area (Å²) >= 11 is 0. The van der Waals surface area contributed by atoms with Crippen molar-refractivity contribution in [2.45, 2.75) is 129 Å². The molecule has 0 unspecified atom stereocenters. The lowest BCUT2D eigenvalue weighted by atomic mass is 9.95. The van der Waals surface area contributed by atoms with Crippen LogP contribution in [0.2, 0.25) is 0 Å². The van der Waals surface area contributed by atoms with Gasteiger partial charge in [0.1, 0.15) is 6.04 Å². The summed E-state index contributed by atoms with van der Waals surface area (Å²) in [5.74, 6) is -1.85. The van der Waals surface area contributed by atoms with E-state index >= 15 is 0 Å². The van der Waals surface area contributed by atoms with Gasteiger partial charge in [-0.05, 0) is 12.3 Å². The fourth-order valence-electron chi connectivity index (χ4n) is 3.68. The highest BCUT2D eigenvalue weighted by Gasteiger charge is 2.21. The van der Waals surface area contributed by atoms with Crippen LogP contribution in [0.3, 0.4) is 0 Å². The average molecular weight is 428 g/mol. The topological polar surface area (TPSA) is 107 Å². The van der Waals surface area contributed by atoms with Crippen LogP contribution in [0.5, 0.6) is 0 Å². The highest BCUT2D eigenvalue weighted by atomic mass is 16.6. The predicted molar refractivity (Wildman–Crippen MR) is 120 cm³/mol. The minimum Gasteiger partial charge on any atom is -0.481 e. The number of hydrogen-bond donors (Lipinski definition) is 2. The SMILES string of the molecule is CCC(CC)CCCCCCCCCCCCCCC(=O)OC(=O)[C@@H](N)CC(=O)O. The molecule has 0 aliphatic heterocycles. The summed E-state index contributed by atoms with van der Waals surface area (Å²) in [5, 5.41) is 8.56. The molecule has 0 spiro atoms. The number of carbonyl (C=O) groups excluding carboxylic acids is 2. The summed E-state index contributed by atoms with van der Waals surface area (Å²) in [4.78, 5) is 33.5. The fraction of sp³-hybridized carbons (Fsp3) is 0.875. The molecule has 0 aliphatic carbocycles. The molecule has 0 fully saturated rings. The molecule has 0 aromatic heterocycles. The lowest BCUT2D eigenvalue weighted by molar-refractivity contribution is -0.162. The van der Waals surface area contributed by atoms with Crippen LogP contribution in [0.15, 0.2) is 0 Å². The van der Waals surface area contributed by atoms with E-state index in [-0.39, 0.29) is 6.42 Å². The van der Waals surface area contributed by atoms with Crippen molar-refractivity contribution in [3.05, 3.63) is 0 Å². The van der Waals surface area contributed by atoms with Gasteiger partial charge < -0.3 is 15.6 Å². The first-order valence-electron chi connectivity index (χ1n) is 12.1. The Kier molecular flexibility index (Phi) is 18.6. The molecule has 6 nitrogen and oxygen atoms in total. The maximum absolute atomic E-state index is 11.6. The van der Waals surface area contributed by atoms with Gasteiger partial charge in [-0.1, -0.05) is 104 Å². The van der Waals surface area contributed by atoms with Crippen LogP contribution >= 0.6 is 0 Å². The van der Waals surface area contributed by atoms with E-state index in [2.05, 4.69) is 18.6 Å². The third kappa shape index (κ3) is 17.4. The number of carbonyl (C=O) groups is 3. The minimum absolute atomic E-state index is 0.169. The van der Waals surface area contributed by atoms with Gasteiger partial charge in [0.05, 0.1) is 6.42 Å². The molecule has 0 rings (SSSR count). The van der Waals surface area contributed by atoms with Gasteiger partial charge in [-0.3, -0.25) is 9.59 Å². The van der Waals surface area contributed by atoms with Gasteiger partial charge in [-0.2, -0.15) is 0 Å². The van der Waals surface area contributed by atoms with Gasteiger partial charge in [0, 0.05) is 6.42 Å². The summed E-state index contributed by atoms with van der Waals surface area (Å²) < 4.78 is 4.58. The van der Waals surface area contributed by atoms with E-state index in [0.29, 0.717) is 6.42 Å². The Labute approximate surface area is 183 Å². The van der Waals surface area contributed by atoms with Crippen LogP contribution in [0.4, 0.5) is 0 Å². The molecular weight excluding hydrogens is 382 g/mol. The van der Waals surface area contributed by atoms with Gasteiger partial charge in [-0.15, -0.1) is 0 Å². The molecule has 0 amide bonds.